The molecule has 0 aliphatic carbocycles. The Kier molecular flexibility index (Phi) is 4.61. The molecule has 0 spiro atoms. The van der Waals surface area contributed by atoms with E-state index in [4.69, 9.17) is 5.11 Å². The SMILES string of the molecule is Cc1ccc(Br)cc1NCC(C(=O)O)C(F)(F)F. The van der Waals surface area contributed by atoms with Crippen molar-refractivity contribution in [2.75, 3.05) is 11.9 Å². The summed E-state index contributed by atoms with van der Waals surface area (Å²) < 4.78 is 38.0. The average molecular weight is 326 g/mol. The minimum atomic E-state index is -4.77. The Morgan fingerprint density at radius 3 is 2.61 bits per heavy atom. The summed E-state index contributed by atoms with van der Waals surface area (Å²) in [5.74, 6) is -4.31. The van der Waals surface area contributed by atoms with Gasteiger partial charge in [0.2, 0.25) is 0 Å². The van der Waals surface area contributed by atoms with Crippen molar-refractivity contribution in [1.82, 2.24) is 0 Å². The summed E-state index contributed by atoms with van der Waals surface area (Å²) in [6.45, 7) is 1.02. The maximum atomic E-state index is 12.4. The van der Waals surface area contributed by atoms with Gasteiger partial charge in [-0.05, 0) is 24.6 Å². The number of hydrogen-bond acceptors (Lipinski definition) is 2. The Labute approximate surface area is 110 Å². The van der Waals surface area contributed by atoms with E-state index in [1.165, 1.54) is 0 Å². The van der Waals surface area contributed by atoms with Crippen LogP contribution in [0.3, 0.4) is 0 Å². The molecule has 100 valence electrons. The van der Waals surface area contributed by atoms with Crippen LogP contribution in [0, 0.1) is 12.8 Å². The molecule has 0 aliphatic heterocycles. The number of aryl methyl sites for hydroxylation is 1. The highest BCUT2D eigenvalue weighted by atomic mass is 79.9. The summed E-state index contributed by atoms with van der Waals surface area (Å²) in [7, 11) is 0. The topological polar surface area (TPSA) is 49.3 Å². The van der Waals surface area contributed by atoms with E-state index in [0.29, 0.717) is 10.2 Å². The number of anilines is 1. The molecule has 1 unspecified atom stereocenters. The molecule has 0 fully saturated rings. The van der Waals surface area contributed by atoms with Gasteiger partial charge in [0.25, 0.3) is 0 Å². The lowest BCUT2D eigenvalue weighted by Gasteiger charge is -2.18. The van der Waals surface area contributed by atoms with Crippen molar-refractivity contribution in [3.63, 3.8) is 0 Å². The third kappa shape index (κ3) is 3.90. The number of hydrogen-bond donors (Lipinski definition) is 2. The molecule has 7 heteroatoms. The van der Waals surface area contributed by atoms with Gasteiger partial charge in [-0.2, -0.15) is 13.2 Å². The maximum absolute atomic E-state index is 12.4. The molecule has 1 atom stereocenters. The van der Waals surface area contributed by atoms with Crippen LogP contribution in [0.1, 0.15) is 5.56 Å². The smallest absolute Gasteiger partial charge is 0.403 e. The first-order valence-corrected chi connectivity index (χ1v) is 5.80. The van der Waals surface area contributed by atoms with Gasteiger partial charge in [-0.15, -0.1) is 0 Å². The van der Waals surface area contributed by atoms with Crippen LogP contribution in [0.4, 0.5) is 18.9 Å². The van der Waals surface area contributed by atoms with Crippen LogP contribution in [0.15, 0.2) is 22.7 Å². The highest BCUT2D eigenvalue weighted by molar-refractivity contribution is 9.10. The van der Waals surface area contributed by atoms with E-state index in [1.54, 1.807) is 25.1 Å². The minimum absolute atomic E-state index is 0.472. The highest BCUT2D eigenvalue weighted by Crippen LogP contribution is 2.28. The van der Waals surface area contributed by atoms with E-state index in [-0.39, 0.29) is 0 Å². The van der Waals surface area contributed by atoms with E-state index in [0.717, 1.165) is 5.56 Å². The number of carbonyl (C=O) groups is 1. The molecular formula is C11H11BrF3NO2. The Bertz CT molecular complexity index is 448. The molecule has 2 N–H and O–H groups in total. The van der Waals surface area contributed by atoms with E-state index in [2.05, 4.69) is 21.2 Å². The molecule has 0 heterocycles. The third-order valence-electron chi connectivity index (χ3n) is 2.39. The summed E-state index contributed by atoms with van der Waals surface area (Å²) in [6, 6.07) is 5.07. The maximum Gasteiger partial charge on any atom is 0.403 e. The molecule has 1 aromatic carbocycles. The predicted molar refractivity (Wildman–Crippen MR) is 64.5 cm³/mol. The number of alkyl halides is 3. The van der Waals surface area contributed by atoms with Crippen LogP contribution < -0.4 is 5.32 Å². The van der Waals surface area contributed by atoms with Crippen LogP contribution >= 0.6 is 15.9 Å². The number of rotatable bonds is 4. The zero-order chi connectivity index (χ0) is 13.9. The van der Waals surface area contributed by atoms with Gasteiger partial charge in [-0.3, -0.25) is 4.79 Å². The average Bonchev–Trinajstić information content (AvgIpc) is 2.20. The molecule has 0 amide bonds. The van der Waals surface area contributed by atoms with E-state index in [1.807, 2.05) is 0 Å². The summed E-state index contributed by atoms with van der Waals surface area (Å²) >= 11 is 3.19. The Morgan fingerprint density at radius 2 is 2.11 bits per heavy atom. The first-order valence-electron chi connectivity index (χ1n) is 5.01. The molecule has 3 nitrogen and oxygen atoms in total. The van der Waals surface area contributed by atoms with Crippen LogP contribution in [-0.4, -0.2) is 23.8 Å². The molecule has 0 saturated heterocycles. The van der Waals surface area contributed by atoms with Crippen LogP contribution in [0.25, 0.3) is 0 Å². The summed E-state index contributed by atoms with van der Waals surface area (Å²) in [4.78, 5) is 10.6. The molecule has 0 aromatic heterocycles. The summed E-state index contributed by atoms with van der Waals surface area (Å²) in [5, 5.41) is 11.1. The Morgan fingerprint density at radius 1 is 1.50 bits per heavy atom. The molecule has 0 bridgehead atoms. The lowest BCUT2D eigenvalue weighted by atomic mass is 10.1. The molecular weight excluding hydrogens is 315 g/mol. The number of aliphatic carboxylic acids is 1. The van der Waals surface area contributed by atoms with Gasteiger partial charge in [0.1, 0.15) is 0 Å². The van der Waals surface area contributed by atoms with Gasteiger partial charge >= 0.3 is 12.1 Å². The van der Waals surface area contributed by atoms with Crippen LogP contribution in [0.5, 0.6) is 0 Å². The lowest BCUT2D eigenvalue weighted by Crippen LogP contribution is -2.36. The monoisotopic (exact) mass is 325 g/mol. The molecule has 18 heavy (non-hydrogen) atoms. The Balaban J connectivity index is 2.79. The van der Waals surface area contributed by atoms with E-state index >= 15 is 0 Å². The van der Waals surface area contributed by atoms with Crippen LogP contribution in [0.2, 0.25) is 0 Å². The number of carboxylic acid groups (broad SMARTS) is 1. The largest absolute Gasteiger partial charge is 0.481 e. The fourth-order valence-electron chi connectivity index (χ4n) is 1.34. The van der Waals surface area contributed by atoms with E-state index < -0.39 is 24.6 Å². The van der Waals surface area contributed by atoms with E-state index in [9.17, 15) is 18.0 Å². The number of benzene rings is 1. The summed E-state index contributed by atoms with van der Waals surface area (Å²) in [6.07, 6.45) is -4.77. The number of halogens is 4. The Hall–Kier alpha value is -1.24. The molecule has 1 aromatic rings. The second-order valence-electron chi connectivity index (χ2n) is 3.77. The fourth-order valence-corrected chi connectivity index (χ4v) is 1.70. The van der Waals surface area contributed by atoms with Gasteiger partial charge in [-0.1, -0.05) is 22.0 Å². The van der Waals surface area contributed by atoms with Crippen molar-refractivity contribution in [2.45, 2.75) is 13.1 Å². The van der Waals surface area contributed by atoms with Crippen molar-refractivity contribution in [1.29, 1.82) is 0 Å². The fraction of sp³-hybridized carbons (Fsp3) is 0.364. The molecule has 0 aliphatic rings. The second kappa shape index (κ2) is 5.60. The summed E-state index contributed by atoms with van der Waals surface area (Å²) in [5.41, 5.74) is 1.21. The van der Waals surface area contributed by atoms with Gasteiger partial charge in [0.15, 0.2) is 5.92 Å². The van der Waals surface area contributed by atoms with Crippen molar-refractivity contribution >= 4 is 27.6 Å². The van der Waals surface area contributed by atoms with Crippen molar-refractivity contribution in [2.24, 2.45) is 5.92 Å². The normalized spacial score (nSPS) is 13.2. The van der Waals surface area contributed by atoms with Gasteiger partial charge in [-0.25, -0.2) is 0 Å². The molecule has 0 radical (unpaired) electrons. The van der Waals surface area contributed by atoms with Gasteiger partial charge in [0, 0.05) is 16.7 Å². The number of nitrogens with one attached hydrogen (secondary N) is 1. The standard InChI is InChI=1S/C11H11BrF3NO2/c1-6-2-3-7(12)4-9(6)16-5-8(10(17)18)11(13,14)15/h2-4,8,16H,5H2,1H3,(H,17,18). The predicted octanol–water partition coefficient (Wildman–Crippen LogP) is 3.43. The van der Waals surface area contributed by atoms with Gasteiger partial charge in [0.05, 0.1) is 0 Å². The van der Waals surface area contributed by atoms with Crippen molar-refractivity contribution < 1.29 is 23.1 Å². The number of carboxylic acids is 1. The van der Waals surface area contributed by atoms with Crippen LogP contribution in [-0.2, 0) is 4.79 Å². The molecule has 0 saturated carbocycles. The minimum Gasteiger partial charge on any atom is -0.481 e. The quantitative estimate of drug-likeness (QED) is 0.891. The van der Waals surface area contributed by atoms with Crippen molar-refractivity contribution in [3.05, 3.63) is 28.2 Å². The molecule has 1 rings (SSSR count). The zero-order valence-electron chi connectivity index (χ0n) is 9.38. The van der Waals surface area contributed by atoms with Gasteiger partial charge < -0.3 is 10.4 Å². The first kappa shape index (κ1) is 14.8. The first-order chi connectivity index (χ1) is 8.21. The second-order valence-corrected chi connectivity index (χ2v) is 4.69. The highest BCUT2D eigenvalue weighted by Gasteiger charge is 2.44. The third-order valence-corrected chi connectivity index (χ3v) is 2.88. The van der Waals surface area contributed by atoms with Crippen molar-refractivity contribution in [3.8, 4) is 0 Å². The lowest BCUT2D eigenvalue weighted by molar-refractivity contribution is -0.190. The zero-order valence-corrected chi connectivity index (χ0v) is 11.0.